The number of anilines is 1. The van der Waals surface area contributed by atoms with Gasteiger partial charge in [-0.15, -0.1) is 5.11 Å². The van der Waals surface area contributed by atoms with Crippen molar-refractivity contribution in [2.45, 2.75) is 52.6 Å². The predicted octanol–water partition coefficient (Wildman–Crippen LogP) is 4.96. The van der Waals surface area contributed by atoms with Gasteiger partial charge in [-0.3, -0.25) is 9.59 Å². The average Bonchev–Trinajstić information content (AvgIpc) is 3.02. The zero-order chi connectivity index (χ0) is 25.2. The van der Waals surface area contributed by atoms with Gasteiger partial charge in [0.2, 0.25) is 5.91 Å². The molecule has 3 N–H and O–H groups in total. The second-order valence-corrected chi connectivity index (χ2v) is 8.54. The Morgan fingerprint density at radius 2 is 1.83 bits per heavy atom. The van der Waals surface area contributed by atoms with E-state index in [1.807, 2.05) is 53.4 Å². The number of ether oxygens (including phenoxy) is 1. The van der Waals surface area contributed by atoms with Gasteiger partial charge in [-0.05, 0) is 54.2 Å². The van der Waals surface area contributed by atoms with Gasteiger partial charge in [0.1, 0.15) is 6.17 Å². The third-order valence-corrected chi connectivity index (χ3v) is 5.79. The quantitative estimate of drug-likeness (QED) is 0.218. The normalized spacial score (nSPS) is 15.1. The number of carbonyl (C=O) groups is 2. The summed E-state index contributed by atoms with van der Waals surface area (Å²) in [5.74, 6) is 5.15. The van der Waals surface area contributed by atoms with E-state index in [0.717, 1.165) is 40.8 Å². The largest absolute Gasteiger partial charge is 0.466 e. The van der Waals surface area contributed by atoms with Crippen LogP contribution in [0.4, 0.5) is 5.69 Å². The topological polar surface area (TPSA) is 109 Å². The van der Waals surface area contributed by atoms with E-state index >= 15 is 0 Å². The number of nitrogens with one attached hydrogen (secondary N) is 1. The minimum Gasteiger partial charge on any atom is -0.466 e. The Kier molecular flexibility index (Phi) is 9.40. The molecule has 1 unspecified atom stereocenters. The highest BCUT2D eigenvalue weighted by molar-refractivity contribution is 5.99. The number of esters is 1. The smallest absolute Gasteiger partial charge is 0.310 e. The SMILES string of the molecule is CCCN(CCC)C(=O)C1=Cc2ccc(-c3cccc(CC(=O)OCC)c3)cc2NC(N=NN)C1. The van der Waals surface area contributed by atoms with Crippen LogP contribution in [0.3, 0.4) is 0 Å². The molecule has 1 aliphatic rings. The fraction of sp³-hybridized carbons (Fsp3) is 0.407. The van der Waals surface area contributed by atoms with Gasteiger partial charge >= 0.3 is 5.97 Å². The minimum absolute atomic E-state index is 0.0244. The van der Waals surface area contributed by atoms with E-state index in [4.69, 9.17) is 10.6 Å². The van der Waals surface area contributed by atoms with E-state index in [2.05, 4.69) is 29.5 Å². The molecule has 0 saturated carbocycles. The first kappa shape index (κ1) is 25.9. The number of benzene rings is 2. The Bertz CT molecular complexity index is 1090. The lowest BCUT2D eigenvalue weighted by atomic mass is 9.99. The van der Waals surface area contributed by atoms with Crippen LogP contribution in [0.1, 0.15) is 51.2 Å². The number of fused-ring (bicyclic) bond motifs is 1. The molecule has 0 bridgehead atoms. The predicted molar refractivity (Wildman–Crippen MR) is 138 cm³/mol. The number of hydrogen-bond donors (Lipinski definition) is 2. The second kappa shape index (κ2) is 12.7. The molecule has 8 nitrogen and oxygen atoms in total. The van der Waals surface area contributed by atoms with Crippen molar-refractivity contribution in [2.75, 3.05) is 25.0 Å². The summed E-state index contributed by atoms with van der Waals surface area (Å²) in [4.78, 5) is 27.1. The summed E-state index contributed by atoms with van der Waals surface area (Å²) in [5.41, 5.74) is 5.28. The highest BCUT2D eigenvalue weighted by Gasteiger charge is 2.24. The van der Waals surface area contributed by atoms with Crippen molar-refractivity contribution in [3.05, 3.63) is 59.2 Å². The van der Waals surface area contributed by atoms with E-state index in [1.165, 1.54) is 0 Å². The fourth-order valence-corrected chi connectivity index (χ4v) is 4.27. The van der Waals surface area contributed by atoms with Crippen LogP contribution >= 0.6 is 0 Å². The summed E-state index contributed by atoms with van der Waals surface area (Å²) in [7, 11) is 0. The van der Waals surface area contributed by atoms with Crippen LogP contribution in [0.25, 0.3) is 17.2 Å². The van der Waals surface area contributed by atoms with Crippen molar-refractivity contribution in [3.63, 3.8) is 0 Å². The van der Waals surface area contributed by atoms with Crippen molar-refractivity contribution in [3.8, 4) is 11.1 Å². The number of carbonyl (C=O) groups excluding carboxylic acids is 2. The van der Waals surface area contributed by atoms with Gasteiger partial charge < -0.3 is 20.8 Å². The van der Waals surface area contributed by atoms with E-state index < -0.39 is 6.17 Å². The van der Waals surface area contributed by atoms with Gasteiger partial charge in [0.15, 0.2) is 0 Å². The van der Waals surface area contributed by atoms with E-state index in [-0.39, 0.29) is 18.3 Å². The standard InChI is InChI=1S/C27H35N5O3/c1-4-12-32(13-5-2)27(34)23-16-22-11-10-21(17-24(22)29-25(18-23)30-31-28)20-9-7-8-19(14-20)15-26(33)35-6-3/h7-11,14,16-17,25,29H,4-6,12-13,15,18H2,1-3H3,(H2,28,30). The molecule has 1 heterocycles. The Balaban J connectivity index is 1.95. The number of hydrogen-bond acceptors (Lipinski definition) is 6. The third kappa shape index (κ3) is 6.91. The minimum atomic E-state index is -0.452. The lowest BCUT2D eigenvalue weighted by molar-refractivity contribution is -0.142. The molecule has 0 aromatic heterocycles. The van der Waals surface area contributed by atoms with Crippen LogP contribution in [-0.4, -0.2) is 42.6 Å². The summed E-state index contributed by atoms with van der Waals surface area (Å²) in [5, 5.41) is 11.0. The third-order valence-electron chi connectivity index (χ3n) is 5.79. The van der Waals surface area contributed by atoms with Crippen LogP contribution in [-0.2, 0) is 20.7 Å². The summed E-state index contributed by atoms with van der Waals surface area (Å²) in [6.45, 7) is 7.74. The molecule has 0 spiro atoms. The van der Waals surface area contributed by atoms with Gasteiger partial charge in [0.25, 0.3) is 0 Å². The van der Waals surface area contributed by atoms with Gasteiger partial charge in [0.05, 0.1) is 13.0 Å². The lowest BCUT2D eigenvalue weighted by Gasteiger charge is -2.23. The van der Waals surface area contributed by atoms with Crippen LogP contribution in [0.15, 0.2) is 58.4 Å². The molecule has 0 aliphatic carbocycles. The Morgan fingerprint density at radius 1 is 1.09 bits per heavy atom. The Labute approximate surface area is 207 Å². The number of rotatable bonds is 10. The van der Waals surface area contributed by atoms with E-state index in [1.54, 1.807) is 6.92 Å². The molecule has 0 radical (unpaired) electrons. The van der Waals surface area contributed by atoms with Gasteiger partial charge in [-0.1, -0.05) is 55.5 Å². The molecule has 1 amide bonds. The van der Waals surface area contributed by atoms with Crippen molar-refractivity contribution < 1.29 is 14.3 Å². The van der Waals surface area contributed by atoms with E-state index in [9.17, 15) is 9.59 Å². The zero-order valence-electron chi connectivity index (χ0n) is 20.8. The molecule has 2 aromatic rings. The van der Waals surface area contributed by atoms with Crippen LogP contribution in [0.5, 0.6) is 0 Å². The first-order valence-electron chi connectivity index (χ1n) is 12.2. The molecule has 0 saturated heterocycles. The van der Waals surface area contributed by atoms with Crippen molar-refractivity contribution in [1.29, 1.82) is 0 Å². The number of amides is 1. The first-order chi connectivity index (χ1) is 17.0. The van der Waals surface area contributed by atoms with Crippen molar-refractivity contribution in [2.24, 2.45) is 16.2 Å². The molecule has 1 atom stereocenters. The molecule has 1 aliphatic heterocycles. The molecule has 186 valence electrons. The Hall–Kier alpha value is -3.68. The van der Waals surface area contributed by atoms with Crippen molar-refractivity contribution >= 4 is 23.6 Å². The first-order valence-corrected chi connectivity index (χ1v) is 12.2. The molecule has 35 heavy (non-hydrogen) atoms. The maximum absolute atomic E-state index is 13.3. The van der Waals surface area contributed by atoms with E-state index in [0.29, 0.717) is 31.7 Å². The summed E-state index contributed by atoms with van der Waals surface area (Å²) in [6, 6.07) is 13.9. The summed E-state index contributed by atoms with van der Waals surface area (Å²) in [6.07, 6.45) is 3.91. The zero-order valence-corrected chi connectivity index (χ0v) is 20.8. The van der Waals surface area contributed by atoms with Crippen molar-refractivity contribution in [1.82, 2.24) is 4.90 Å². The molecular weight excluding hydrogens is 442 g/mol. The Morgan fingerprint density at radius 3 is 2.51 bits per heavy atom. The summed E-state index contributed by atoms with van der Waals surface area (Å²) >= 11 is 0. The molecule has 8 heteroatoms. The highest BCUT2D eigenvalue weighted by atomic mass is 16.5. The highest BCUT2D eigenvalue weighted by Crippen LogP contribution is 2.32. The lowest BCUT2D eigenvalue weighted by Crippen LogP contribution is -2.34. The molecule has 2 aromatic carbocycles. The number of nitrogens with two attached hydrogens (primary N) is 1. The fourth-order valence-electron chi connectivity index (χ4n) is 4.27. The average molecular weight is 478 g/mol. The van der Waals surface area contributed by atoms with Crippen LogP contribution < -0.4 is 11.2 Å². The molecule has 0 fully saturated rings. The maximum Gasteiger partial charge on any atom is 0.310 e. The monoisotopic (exact) mass is 477 g/mol. The molecule has 3 rings (SSSR count). The second-order valence-electron chi connectivity index (χ2n) is 8.54. The van der Waals surface area contributed by atoms with Gasteiger partial charge in [-0.2, -0.15) is 0 Å². The van der Waals surface area contributed by atoms with Gasteiger partial charge in [-0.25, -0.2) is 0 Å². The summed E-state index contributed by atoms with van der Waals surface area (Å²) < 4.78 is 5.08. The van der Waals surface area contributed by atoms with Crippen LogP contribution in [0, 0.1) is 0 Å². The number of nitrogens with zero attached hydrogens (tertiary/aromatic N) is 3. The van der Waals surface area contributed by atoms with Gasteiger partial charge in [0, 0.05) is 30.8 Å². The maximum atomic E-state index is 13.3. The van der Waals surface area contributed by atoms with Crippen LogP contribution in [0.2, 0.25) is 0 Å². The molecular formula is C27H35N5O3.